The highest BCUT2D eigenvalue weighted by atomic mass is 32.2. The van der Waals surface area contributed by atoms with Crippen molar-refractivity contribution in [3.63, 3.8) is 0 Å². The second kappa shape index (κ2) is 8.60. The van der Waals surface area contributed by atoms with Crippen LogP contribution in [0.15, 0.2) is 41.6 Å². The number of hydrogen-bond acceptors (Lipinski definition) is 8. The van der Waals surface area contributed by atoms with Crippen molar-refractivity contribution in [3.05, 3.63) is 48.0 Å². The molecule has 0 radical (unpaired) electrons. The molecule has 0 atom stereocenters. The fourth-order valence-corrected chi connectivity index (χ4v) is 4.93. The Bertz CT molecular complexity index is 1150. The number of anilines is 3. The number of hydrogen-bond donors (Lipinski definition) is 1. The summed E-state index contributed by atoms with van der Waals surface area (Å²) in [5.41, 5.74) is 0.916. The number of aromatic nitrogens is 5. The maximum Gasteiger partial charge on any atom is 0.262 e. The van der Waals surface area contributed by atoms with Crippen molar-refractivity contribution in [3.8, 4) is 0 Å². The number of sulfonamides is 1. The van der Waals surface area contributed by atoms with Crippen LogP contribution in [0.2, 0.25) is 0 Å². The van der Waals surface area contributed by atoms with Crippen molar-refractivity contribution < 1.29 is 8.42 Å². The van der Waals surface area contributed by atoms with E-state index in [4.69, 9.17) is 0 Å². The third-order valence-electron chi connectivity index (χ3n) is 5.26. The van der Waals surface area contributed by atoms with Gasteiger partial charge in [-0.25, -0.2) is 18.4 Å². The molecule has 1 aliphatic rings. The molecule has 1 saturated heterocycles. The third kappa shape index (κ3) is 4.52. The van der Waals surface area contributed by atoms with Crippen LogP contribution in [0.5, 0.6) is 0 Å². The van der Waals surface area contributed by atoms with Gasteiger partial charge in [0.25, 0.3) is 10.0 Å². The Morgan fingerprint density at radius 1 is 0.968 bits per heavy atom. The van der Waals surface area contributed by atoms with Crippen LogP contribution in [0, 0.1) is 13.8 Å². The average molecular weight is 443 g/mol. The first-order chi connectivity index (χ1) is 14.9. The summed E-state index contributed by atoms with van der Waals surface area (Å²) in [4.78, 5) is 10.7. The molecule has 164 valence electrons. The number of nitrogens with one attached hydrogen (secondary N) is 1. The summed E-state index contributed by atoms with van der Waals surface area (Å²) in [6.45, 7) is 8.20. The molecule has 1 fully saturated rings. The van der Waals surface area contributed by atoms with Gasteiger partial charge in [0.1, 0.15) is 11.6 Å². The topological polar surface area (TPSA) is 109 Å². The Morgan fingerprint density at radius 2 is 1.74 bits per heavy atom. The Labute approximate surface area is 182 Å². The van der Waals surface area contributed by atoms with Crippen molar-refractivity contribution in [1.29, 1.82) is 0 Å². The number of aryl methyl sites for hydroxylation is 3. The van der Waals surface area contributed by atoms with Crippen molar-refractivity contribution in [2.45, 2.75) is 32.3 Å². The lowest BCUT2D eigenvalue weighted by molar-refractivity contribution is 0.382. The van der Waals surface area contributed by atoms with Crippen molar-refractivity contribution in [2.24, 2.45) is 0 Å². The molecular formula is C20H26N8O2S. The first-order valence-electron chi connectivity index (χ1n) is 10.2. The highest BCUT2D eigenvalue weighted by Crippen LogP contribution is 2.21. The summed E-state index contributed by atoms with van der Waals surface area (Å²) in [6, 6.07) is 9.44. The van der Waals surface area contributed by atoms with Gasteiger partial charge in [0.2, 0.25) is 0 Å². The molecule has 0 unspecified atom stereocenters. The van der Waals surface area contributed by atoms with E-state index in [0.717, 1.165) is 5.69 Å². The van der Waals surface area contributed by atoms with E-state index in [-0.39, 0.29) is 5.03 Å². The fraction of sp³-hybridized carbons (Fsp3) is 0.400. The summed E-state index contributed by atoms with van der Waals surface area (Å²) in [5, 5.41) is 11.8. The minimum absolute atomic E-state index is 0.111. The maximum absolute atomic E-state index is 12.9. The van der Waals surface area contributed by atoms with Crippen LogP contribution in [0.25, 0.3) is 0 Å². The molecule has 1 N–H and O–H groups in total. The lowest BCUT2D eigenvalue weighted by Crippen LogP contribution is -2.49. The standard InChI is InChI=1S/C20H26N8O2S/c1-4-26-14-20(22-16(26)3)31(29,30)28-12-10-27(11-13-28)19-9-8-18(24-25-19)23-17-7-5-6-15(2)21-17/h5-9,14H,4,10-13H2,1-3H3,(H,21,23,24). The summed E-state index contributed by atoms with van der Waals surface area (Å²) < 4.78 is 29.2. The minimum atomic E-state index is -3.60. The van der Waals surface area contributed by atoms with Crippen LogP contribution in [0.4, 0.5) is 17.5 Å². The highest BCUT2D eigenvalue weighted by Gasteiger charge is 2.31. The molecule has 0 spiro atoms. The van der Waals surface area contributed by atoms with E-state index >= 15 is 0 Å². The summed E-state index contributed by atoms with van der Waals surface area (Å²) in [5.74, 6) is 2.72. The molecule has 4 heterocycles. The second-order valence-corrected chi connectivity index (χ2v) is 9.25. The molecule has 1 aliphatic heterocycles. The SMILES string of the molecule is CCn1cc(S(=O)(=O)N2CCN(c3ccc(Nc4cccc(C)n4)nn3)CC2)nc1C. The lowest BCUT2D eigenvalue weighted by atomic mass is 10.3. The van der Waals surface area contributed by atoms with Crippen LogP contribution in [-0.4, -0.2) is 63.6 Å². The monoisotopic (exact) mass is 442 g/mol. The predicted molar refractivity (Wildman–Crippen MR) is 118 cm³/mol. The molecule has 3 aromatic rings. The molecule has 0 aromatic carbocycles. The Morgan fingerprint density at radius 3 is 2.35 bits per heavy atom. The quantitative estimate of drug-likeness (QED) is 0.617. The van der Waals surface area contributed by atoms with Gasteiger partial charge in [-0.3, -0.25) is 0 Å². The summed E-state index contributed by atoms with van der Waals surface area (Å²) in [6.07, 6.45) is 1.61. The second-order valence-electron chi connectivity index (χ2n) is 7.37. The van der Waals surface area contributed by atoms with Gasteiger partial charge < -0.3 is 14.8 Å². The zero-order valence-electron chi connectivity index (χ0n) is 17.9. The van der Waals surface area contributed by atoms with Gasteiger partial charge in [0, 0.05) is 44.6 Å². The van der Waals surface area contributed by atoms with Gasteiger partial charge in [0.15, 0.2) is 16.7 Å². The van der Waals surface area contributed by atoms with E-state index < -0.39 is 10.0 Å². The van der Waals surface area contributed by atoms with Crippen LogP contribution in [0.1, 0.15) is 18.4 Å². The summed E-state index contributed by atoms with van der Waals surface area (Å²) >= 11 is 0. The molecule has 0 saturated carbocycles. The van der Waals surface area contributed by atoms with E-state index in [0.29, 0.717) is 56.0 Å². The minimum Gasteiger partial charge on any atom is -0.352 e. The number of imidazole rings is 1. The molecule has 0 amide bonds. The first-order valence-corrected chi connectivity index (χ1v) is 11.6. The molecule has 0 bridgehead atoms. The van der Waals surface area contributed by atoms with Crippen molar-refractivity contribution >= 4 is 27.5 Å². The Balaban J connectivity index is 1.39. The highest BCUT2D eigenvalue weighted by molar-refractivity contribution is 7.89. The van der Waals surface area contributed by atoms with Crippen LogP contribution in [-0.2, 0) is 16.6 Å². The molecule has 10 nitrogen and oxygen atoms in total. The van der Waals surface area contributed by atoms with Gasteiger partial charge in [-0.2, -0.15) is 4.31 Å². The van der Waals surface area contributed by atoms with Gasteiger partial charge in [-0.15, -0.1) is 10.2 Å². The zero-order chi connectivity index (χ0) is 22.0. The van der Waals surface area contributed by atoms with E-state index in [1.807, 2.05) is 60.6 Å². The largest absolute Gasteiger partial charge is 0.352 e. The van der Waals surface area contributed by atoms with Crippen LogP contribution < -0.4 is 10.2 Å². The number of rotatable bonds is 6. The third-order valence-corrected chi connectivity index (χ3v) is 7.03. The van der Waals surface area contributed by atoms with E-state index in [1.54, 1.807) is 6.20 Å². The lowest BCUT2D eigenvalue weighted by Gasteiger charge is -2.33. The predicted octanol–water partition coefficient (Wildman–Crippen LogP) is 1.96. The maximum atomic E-state index is 12.9. The van der Waals surface area contributed by atoms with Crippen molar-refractivity contribution in [2.75, 3.05) is 36.4 Å². The smallest absolute Gasteiger partial charge is 0.262 e. The van der Waals surface area contributed by atoms with Gasteiger partial charge in [-0.05, 0) is 45.0 Å². The Kier molecular flexibility index (Phi) is 5.88. The molecule has 4 rings (SSSR count). The fourth-order valence-electron chi connectivity index (χ4n) is 3.52. The van der Waals surface area contributed by atoms with E-state index in [9.17, 15) is 8.42 Å². The van der Waals surface area contributed by atoms with Gasteiger partial charge in [-0.1, -0.05) is 6.07 Å². The van der Waals surface area contributed by atoms with Gasteiger partial charge >= 0.3 is 0 Å². The van der Waals surface area contributed by atoms with Crippen LogP contribution >= 0.6 is 0 Å². The first kappa shape index (κ1) is 21.2. The molecule has 31 heavy (non-hydrogen) atoms. The average Bonchev–Trinajstić information content (AvgIpc) is 3.16. The molecule has 3 aromatic heterocycles. The molecule has 11 heteroatoms. The van der Waals surface area contributed by atoms with E-state index in [1.165, 1.54) is 4.31 Å². The molecule has 0 aliphatic carbocycles. The number of piperazine rings is 1. The zero-order valence-corrected chi connectivity index (χ0v) is 18.7. The normalized spacial score (nSPS) is 15.3. The van der Waals surface area contributed by atoms with Crippen molar-refractivity contribution in [1.82, 2.24) is 29.0 Å². The van der Waals surface area contributed by atoms with E-state index in [2.05, 4.69) is 25.5 Å². The summed E-state index contributed by atoms with van der Waals surface area (Å²) in [7, 11) is -3.60. The number of nitrogens with zero attached hydrogens (tertiary/aromatic N) is 7. The van der Waals surface area contributed by atoms with Gasteiger partial charge in [0.05, 0.1) is 0 Å². The van der Waals surface area contributed by atoms with Crippen LogP contribution in [0.3, 0.4) is 0 Å². The number of pyridine rings is 1. The Hall–Kier alpha value is -3.05. The molecular weight excluding hydrogens is 416 g/mol.